The third-order valence-corrected chi connectivity index (χ3v) is 3.83. The molecule has 2 N–H and O–H groups in total. The maximum absolute atomic E-state index is 12.1. The fourth-order valence-corrected chi connectivity index (χ4v) is 2.40. The van der Waals surface area contributed by atoms with Gasteiger partial charge in [0.15, 0.2) is 0 Å². The van der Waals surface area contributed by atoms with E-state index < -0.39 is 0 Å². The average molecular weight is 343 g/mol. The van der Waals surface area contributed by atoms with E-state index in [0.717, 1.165) is 16.8 Å². The first-order chi connectivity index (χ1) is 11.6. The van der Waals surface area contributed by atoms with E-state index in [9.17, 15) is 4.79 Å². The van der Waals surface area contributed by atoms with E-state index in [1.54, 1.807) is 16.8 Å². The Balaban J connectivity index is 1.67. The maximum atomic E-state index is 12.1. The van der Waals surface area contributed by atoms with E-state index in [0.29, 0.717) is 17.3 Å². The lowest BCUT2D eigenvalue weighted by atomic mass is 10.2. The molecule has 2 aromatic carbocycles. The van der Waals surface area contributed by atoms with Crippen molar-refractivity contribution in [3.8, 4) is 5.69 Å². The molecule has 0 spiro atoms. The van der Waals surface area contributed by atoms with Gasteiger partial charge in [-0.05, 0) is 46.7 Å². The van der Waals surface area contributed by atoms with Crippen molar-refractivity contribution in [1.82, 2.24) is 25.5 Å². The van der Waals surface area contributed by atoms with Gasteiger partial charge in [-0.25, -0.2) is 9.48 Å². The van der Waals surface area contributed by atoms with Gasteiger partial charge >= 0.3 is 6.03 Å². The molecule has 1 heterocycles. The first-order valence-corrected chi connectivity index (χ1v) is 7.63. The molecule has 0 aliphatic heterocycles. The Morgan fingerprint density at radius 1 is 1.25 bits per heavy atom. The zero-order valence-electron chi connectivity index (χ0n) is 12.9. The molecule has 122 valence electrons. The summed E-state index contributed by atoms with van der Waals surface area (Å²) < 4.78 is 1.54. The molecular formula is C16H15ClN6O. The van der Waals surface area contributed by atoms with Gasteiger partial charge in [-0.3, -0.25) is 0 Å². The Morgan fingerprint density at radius 2 is 2.08 bits per heavy atom. The second-order valence-corrected chi connectivity index (χ2v) is 5.56. The van der Waals surface area contributed by atoms with Gasteiger partial charge in [-0.2, -0.15) is 0 Å². The highest BCUT2D eigenvalue weighted by atomic mass is 35.5. The lowest BCUT2D eigenvalue weighted by molar-refractivity contribution is 0.251. The standard InChI is InChI=1S/C16H15ClN6O/c1-11-6-7-13(8-15(11)23-10-19-21-22-23)20-16(24)18-9-12-4-2-3-5-14(12)17/h2-8,10H,9H2,1H3,(H2,18,20,24). The molecule has 0 saturated carbocycles. The van der Waals surface area contributed by atoms with Crippen molar-refractivity contribution in [2.45, 2.75) is 13.5 Å². The van der Waals surface area contributed by atoms with E-state index in [-0.39, 0.29) is 6.03 Å². The van der Waals surface area contributed by atoms with Gasteiger partial charge in [0.25, 0.3) is 0 Å². The summed E-state index contributed by atoms with van der Waals surface area (Å²) in [5.74, 6) is 0. The van der Waals surface area contributed by atoms with E-state index in [4.69, 9.17) is 11.6 Å². The van der Waals surface area contributed by atoms with Gasteiger partial charge in [0, 0.05) is 17.3 Å². The number of nitrogens with zero attached hydrogens (tertiary/aromatic N) is 4. The molecule has 7 nitrogen and oxygen atoms in total. The molecule has 0 fully saturated rings. The summed E-state index contributed by atoms with van der Waals surface area (Å²) in [7, 11) is 0. The highest BCUT2D eigenvalue weighted by molar-refractivity contribution is 6.31. The van der Waals surface area contributed by atoms with Crippen molar-refractivity contribution in [3.05, 3.63) is 64.9 Å². The number of hydrogen-bond donors (Lipinski definition) is 2. The van der Waals surface area contributed by atoms with Crippen LogP contribution in [0.3, 0.4) is 0 Å². The number of aromatic nitrogens is 4. The van der Waals surface area contributed by atoms with E-state index in [2.05, 4.69) is 26.2 Å². The van der Waals surface area contributed by atoms with E-state index in [1.165, 1.54) is 6.33 Å². The van der Waals surface area contributed by atoms with Crippen LogP contribution in [0, 0.1) is 6.92 Å². The lowest BCUT2D eigenvalue weighted by Gasteiger charge is -2.11. The number of carbonyl (C=O) groups is 1. The van der Waals surface area contributed by atoms with Crippen molar-refractivity contribution < 1.29 is 4.79 Å². The topological polar surface area (TPSA) is 84.7 Å². The number of halogens is 1. The summed E-state index contributed by atoms with van der Waals surface area (Å²) in [5.41, 5.74) is 3.28. The largest absolute Gasteiger partial charge is 0.334 e. The second kappa shape index (κ2) is 7.10. The Bertz CT molecular complexity index is 850. The van der Waals surface area contributed by atoms with Crippen LogP contribution < -0.4 is 10.6 Å². The molecule has 8 heteroatoms. The molecule has 0 aliphatic carbocycles. The van der Waals surface area contributed by atoms with Gasteiger partial charge in [0.05, 0.1) is 5.69 Å². The number of amides is 2. The monoisotopic (exact) mass is 342 g/mol. The van der Waals surface area contributed by atoms with Crippen molar-refractivity contribution in [1.29, 1.82) is 0 Å². The summed E-state index contributed by atoms with van der Waals surface area (Å²) in [5, 5.41) is 17.3. The zero-order valence-corrected chi connectivity index (χ0v) is 13.7. The molecule has 0 atom stereocenters. The van der Waals surface area contributed by atoms with Crippen LogP contribution in [0.15, 0.2) is 48.8 Å². The zero-order chi connectivity index (χ0) is 16.9. The first kappa shape index (κ1) is 15.9. The van der Waals surface area contributed by atoms with Crippen molar-refractivity contribution in [2.24, 2.45) is 0 Å². The number of benzene rings is 2. The second-order valence-electron chi connectivity index (χ2n) is 5.15. The molecule has 1 aromatic heterocycles. The molecule has 0 aliphatic rings. The number of aryl methyl sites for hydroxylation is 1. The van der Waals surface area contributed by atoms with Crippen molar-refractivity contribution in [3.63, 3.8) is 0 Å². The van der Waals surface area contributed by atoms with Crippen LogP contribution in [0.1, 0.15) is 11.1 Å². The summed E-state index contributed by atoms with van der Waals surface area (Å²) in [6.07, 6.45) is 1.50. The Kier molecular flexibility index (Phi) is 4.72. The smallest absolute Gasteiger partial charge is 0.319 e. The minimum atomic E-state index is -0.318. The number of nitrogens with one attached hydrogen (secondary N) is 2. The third kappa shape index (κ3) is 3.69. The van der Waals surface area contributed by atoms with Crippen LogP contribution in [-0.2, 0) is 6.54 Å². The number of anilines is 1. The molecule has 3 aromatic rings. The van der Waals surface area contributed by atoms with Gasteiger partial charge in [-0.15, -0.1) is 5.10 Å². The predicted molar refractivity (Wildman–Crippen MR) is 91.2 cm³/mol. The number of tetrazole rings is 1. The van der Waals surface area contributed by atoms with E-state index >= 15 is 0 Å². The molecule has 24 heavy (non-hydrogen) atoms. The normalized spacial score (nSPS) is 10.4. The Labute approximate surface area is 143 Å². The highest BCUT2D eigenvalue weighted by Gasteiger charge is 2.07. The average Bonchev–Trinajstić information content (AvgIpc) is 3.10. The predicted octanol–water partition coefficient (Wildman–Crippen LogP) is 2.95. The van der Waals surface area contributed by atoms with Crippen molar-refractivity contribution in [2.75, 3.05) is 5.32 Å². The van der Waals surface area contributed by atoms with E-state index in [1.807, 2.05) is 37.3 Å². The number of urea groups is 1. The summed E-state index contributed by atoms with van der Waals surface area (Å²) in [6, 6.07) is 12.6. The third-order valence-electron chi connectivity index (χ3n) is 3.46. The summed E-state index contributed by atoms with van der Waals surface area (Å²) >= 11 is 6.07. The quantitative estimate of drug-likeness (QED) is 0.763. The van der Waals surface area contributed by atoms with Gasteiger partial charge < -0.3 is 10.6 Å². The van der Waals surface area contributed by atoms with Crippen molar-refractivity contribution >= 4 is 23.3 Å². The molecule has 0 unspecified atom stereocenters. The summed E-state index contributed by atoms with van der Waals surface area (Å²) in [6.45, 7) is 2.29. The highest BCUT2D eigenvalue weighted by Crippen LogP contribution is 2.18. The minimum absolute atomic E-state index is 0.318. The van der Waals surface area contributed by atoms with Gasteiger partial charge in [-0.1, -0.05) is 35.9 Å². The Morgan fingerprint density at radius 3 is 2.83 bits per heavy atom. The number of carbonyl (C=O) groups excluding carboxylic acids is 1. The first-order valence-electron chi connectivity index (χ1n) is 7.26. The molecule has 0 saturated heterocycles. The molecule has 0 radical (unpaired) electrons. The van der Waals surface area contributed by atoms with Gasteiger partial charge in [0.1, 0.15) is 6.33 Å². The molecule has 0 bridgehead atoms. The van der Waals surface area contributed by atoms with Crippen LogP contribution in [0.2, 0.25) is 5.02 Å². The molecular weight excluding hydrogens is 328 g/mol. The maximum Gasteiger partial charge on any atom is 0.319 e. The molecule has 2 amide bonds. The number of hydrogen-bond acceptors (Lipinski definition) is 4. The number of rotatable bonds is 4. The minimum Gasteiger partial charge on any atom is -0.334 e. The SMILES string of the molecule is Cc1ccc(NC(=O)NCc2ccccc2Cl)cc1-n1cnnn1. The van der Waals surface area contributed by atoms with Crippen LogP contribution >= 0.6 is 11.6 Å². The van der Waals surface area contributed by atoms with Crippen LogP contribution in [0.4, 0.5) is 10.5 Å². The van der Waals surface area contributed by atoms with Crippen LogP contribution in [-0.4, -0.2) is 26.2 Å². The molecule has 3 rings (SSSR count). The van der Waals surface area contributed by atoms with Crippen LogP contribution in [0.25, 0.3) is 5.69 Å². The van der Waals surface area contributed by atoms with Gasteiger partial charge in [0.2, 0.25) is 0 Å². The fourth-order valence-electron chi connectivity index (χ4n) is 2.20. The Hall–Kier alpha value is -2.93. The van der Waals surface area contributed by atoms with Crippen LogP contribution in [0.5, 0.6) is 0 Å². The lowest BCUT2D eigenvalue weighted by Crippen LogP contribution is -2.28. The fraction of sp³-hybridized carbons (Fsp3) is 0.125. The summed E-state index contributed by atoms with van der Waals surface area (Å²) in [4.78, 5) is 12.1.